The summed E-state index contributed by atoms with van der Waals surface area (Å²) in [6, 6.07) is 24.2. The van der Waals surface area contributed by atoms with E-state index < -0.39 is 0 Å². The van der Waals surface area contributed by atoms with Crippen LogP contribution in [-0.2, 0) is 6.54 Å². The van der Waals surface area contributed by atoms with Crippen molar-refractivity contribution in [3.63, 3.8) is 0 Å². The Morgan fingerprint density at radius 3 is 2.68 bits per heavy atom. The molecule has 0 saturated carbocycles. The summed E-state index contributed by atoms with van der Waals surface area (Å²) in [5, 5.41) is 3.78. The van der Waals surface area contributed by atoms with Crippen LogP contribution in [0.5, 0.6) is 11.5 Å². The summed E-state index contributed by atoms with van der Waals surface area (Å²) < 4.78 is 6.02. The lowest BCUT2D eigenvalue weighted by molar-refractivity contribution is 0.0950. The number of nitrogens with zero attached hydrogens (tertiary/aromatic N) is 1. The second kappa shape index (κ2) is 7.80. The Kier molecular flexibility index (Phi) is 4.89. The van der Waals surface area contributed by atoms with Crippen LogP contribution in [0.3, 0.4) is 0 Å². The number of pyridine rings is 1. The van der Waals surface area contributed by atoms with Crippen LogP contribution in [-0.4, -0.2) is 10.9 Å². The Labute approximate surface area is 162 Å². The van der Waals surface area contributed by atoms with Crippen molar-refractivity contribution in [3.05, 3.63) is 96.2 Å². The molecule has 5 heteroatoms. The number of benzene rings is 3. The Morgan fingerprint density at radius 2 is 1.82 bits per heavy atom. The SMILES string of the molecule is Nc1ccc2c(Oc3cccc(C(=O)NCc4ccccc4)c3)ccnc2c1. The van der Waals surface area contributed by atoms with Crippen molar-refractivity contribution in [2.75, 3.05) is 5.73 Å². The third-order valence-electron chi connectivity index (χ3n) is 4.35. The number of nitrogens with two attached hydrogens (primary N) is 1. The maximum Gasteiger partial charge on any atom is 0.251 e. The third-order valence-corrected chi connectivity index (χ3v) is 4.35. The quantitative estimate of drug-likeness (QED) is 0.506. The molecule has 1 aromatic heterocycles. The monoisotopic (exact) mass is 369 g/mol. The first-order valence-electron chi connectivity index (χ1n) is 8.93. The molecule has 1 amide bonds. The maximum absolute atomic E-state index is 12.5. The molecule has 0 atom stereocenters. The lowest BCUT2D eigenvalue weighted by Crippen LogP contribution is -2.22. The van der Waals surface area contributed by atoms with E-state index in [-0.39, 0.29) is 5.91 Å². The van der Waals surface area contributed by atoms with E-state index in [4.69, 9.17) is 10.5 Å². The van der Waals surface area contributed by atoms with Crippen LogP contribution in [0, 0.1) is 0 Å². The van der Waals surface area contributed by atoms with Gasteiger partial charge in [0.15, 0.2) is 0 Å². The number of rotatable bonds is 5. The molecule has 0 spiro atoms. The highest BCUT2D eigenvalue weighted by Gasteiger charge is 2.09. The topological polar surface area (TPSA) is 77.2 Å². The summed E-state index contributed by atoms with van der Waals surface area (Å²) in [5.74, 6) is 1.09. The van der Waals surface area contributed by atoms with E-state index in [9.17, 15) is 4.79 Å². The van der Waals surface area contributed by atoms with E-state index in [0.717, 1.165) is 16.5 Å². The molecule has 3 N–H and O–H groups in total. The Morgan fingerprint density at radius 1 is 0.964 bits per heavy atom. The van der Waals surface area contributed by atoms with Gasteiger partial charge in [0.05, 0.1) is 5.52 Å². The van der Waals surface area contributed by atoms with Crippen LogP contribution in [0.25, 0.3) is 10.9 Å². The van der Waals surface area contributed by atoms with Gasteiger partial charge in [0.2, 0.25) is 0 Å². The number of anilines is 1. The summed E-state index contributed by atoms with van der Waals surface area (Å²) in [4.78, 5) is 16.8. The average Bonchev–Trinajstić information content (AvgIpc) is 2.73. The molecule has 5 nitrogen and oxygen atoms in total. The first-order chi connectivity index (χ1) is 13.7. The fourth-order valence-corrected chi connectivity index (χ4v) is 2.94. The predicted octanol–water partition coefficient (Wildman–Crippen LogP) is 4.54. The summed E-state index contributed by atoms with van der Waals surface area (Å²) in [6.07, 6.45) is 1.67. The lowest BCUT2D eigenvalue weighted by atomic mass is 10.1. The molecule has 28 heavy (non-hydrogen) atoms. The fourth-order valence-electron chi connectivity index (χ4n) is 2.94. The molecule has 138 valence electrons. The molecule has 0 fully saturated rings. The van der Waals surface area contributed by atoms with Crippen molar-refractivity contribution in [2.24, 2.45) is 0 Å². The largest absolute Gasteiger partial charge is 0.457 e. The summed E-state index contributed by atoms with van der Waals surface area (Å²) in [7, 11) is 0. The minimum Gasteiger partial charge on any atom is -0.457 e. The van der Waals surface area contributed by atoms with Crippen molar-refractivity contribution in [1.82, 2.24) is 10.3 Å². The van der Waals surface area contributed by atoms with Gasteiger partial charge in [-0.15, -0.1) is 0 Å². The number of carbonyl (C=O) groups is 1. The first kappa shape index (κ1) is 17.5. The van der Waals surface area contributed by atoms with E-state index in [1.165, 1.54) is 0 Å². The number of hydrogen-bond donors (Lipinski definition) is 2. The number of hydrogen-bond acceptors (Lipinski definition) is 4. The van der Waals surface area contributed by atoms with Crippen molar-refractivity contribution >= 4 is 22.5 Å². The van der Waals surface area contributed by atoms with E-state index in [1.807, 2.05) is 48.5 Å². The first-order valence-corrected chi connectivity index (χ1v) is 8.93. The normalized spacial score (nSPS) is 10.6. The van der Waals surface area contributed by atoms with Crippen LogP contribution < -0.4 is 15.8 Å². The number of nitrogen functional groups attached to an aromatic ring is 1. The molecule has 4 rings (SSSR count). The second-order valence-electron chi connectivity index (χ2n) is 6.38. The molecule has 0 bridgehead atoms. The summed E-state index contributed by atoms with van der Waals surface area (Å²) in [5.41, 5.74) is 8.82. The molecule has 0 aliphatic carbocycles. The highest BCUT2D eigenvalue weighted by molar-refractivity contribution is 5.94. The minimum atomic E-state index is -0.151. The van der Waals surface area contributed by atoms with Gasteiger partial charge in [0.25, 0.3) is 5.91 Å². The van der Waals surface area contributed by atoms with Gasteiger partial charge < -0.3 is 15.8 Å². The van der Waals surface area contributed by atoms with Gasteiger partial charge in [-0.1, -0.05) is 36.4 Å². The molecule has 0 aliphatic heterocycles. The smallest absolute Gasteiger partial charge is 0.251 e. The highest BCUT2D eigenvalue weighted by atomic mass is 16.5. The molecule has 0 radical (unpaired) electrons. The van der Waals surface area contributed by atoms with Gasteiger partial charge >= 0.3 is 0 Å². The highest BCUT2D eigenvalue weighted by Crippen LogP contribution is 2.30. The molecule has 4 aromatic rings. The van der Waals surface area contributed by atoms with E-state index in [2.05, 4.69) is 10.3 Å². The Balaban J connectivity index is 1.52. The number of carbonyl (C=O) groups excluding carboxylic acids is 1. The number of amides is 1. The summed E-state index contributed by atoms with van der Waals surface area (Å²) >= 11 is 0. The number of ether oxygens (including phenoxy) is 1. The molecule has 1 heterocycles. The van der Waals surface area contributed by atoms with Gasteiger partial charge in [-0.25, -0.2) is 0 Å². The van der Waals surface area contributed by atoms with Gasteiger partial charge in [-0.2, -0.15) is 0 Å². The zero-order chi connectivity index (χ0) is 19.3. The number of nitrogens with one attached hydrogen (secondary N) is 1. The number of fused-ring (bicyclic) bond motifs is 1. The molecule has 0 aliphatic rings. The molecular weight excluding hydrogens is 350 g/mol. The third kappa shape index (κ3) is 3.94. The van der Waals surface area contributed by atoms with Crippen molar-refractivity contribution in [3.8, 4) is 11.5 Å². The van der Waals surface area contributed by atoms with E-state index in [1.54, 1.807) is 36.5 Å². The van der Waals surface area contributed by atoms with Crippen LogP contribution >= 0.6 is 0 Å². The molecular formula is C23H19N3O2. The van der Waals surface area contributed by atoms with Gasteiger partial charge in [-0.05, 0) is 48.0 Å². The Hall–Kier alpha value is -3.86. The average molecular weight is 369 g/mol. The maximum atomic E-state index is 12.5. The zero-order valence-electron chi connectivity index (χ0n) is 15.1. The lowest BCUT2D eigenvalue weighted by Gasteiger charge is -2.10. The standard InChI is InChI=1S/C23H19N3O2/c24-18-9-10-20-21(14-18)25-12-11-22(20)28-19-8-4-7-17(13-19)23(27)26-15-16-5-2-1-3-6-16/h1-14H,15,24H2,(H,26,27). The molecule has 3 aromatic carbocycles. The fraction of sp³-hybridized carbons (Fsp3) is 0.0435. The van der Waals surface area contributed by atoms with Crippen LogP contribution in [0.15, 0.2) is 85.1 Å². The predicted molar refractivity (Wildman–Crippen MR) is 110 cm³/mol. The van der Waals surface area contributed by atoms with Crippen molar-refractivity contribution in [2.45, 2.75) is 6.54 Å². The van der Waals surface area contributed by atoms with E-state index >= 15 is 0 Å². The van der Waals surface area contributed by atoms with Crippen LogP contribution in [0.2, 0.25) is 0 Å². The minimum absolute atomic E-state index is 0.151. The van der Waals surface area contributed by atoms with Crippen molar-refractivity contribution < 1.29 is 9.53 Å². The van der Waals surface area contributed by atoms with Crippen molar-refractivity contribution in [1.29, 1.82) is 0 Å². The van der Waals surface area contributed by atoms with E-state index in [0.29, 0.717) is 29.3 Å². The van der Waals surface area contributed by atoms with Crippen LogP contribution in [0.1, 0.15) is 15.9 Å². The molecule has 0 saturated heterocycles. The van der Waals surface area contributed by atoms with Gasteiger partial charge in [0.1, 0.15) is 11.5 Å². The van der Waals surface area contributed by atoms with Gasteiger partial charge in [-0.3, -0.25) is 9.78 Å². The molecule has 0 unspecified atom stereocenters. The Bertz CT molecular complexity index is 1130. The van der Waals surface area contributed by atoms with Crippen LogP contribution in [0.4, 0.5) is 5.69 Å². The number of aromatic nitrogens is 1. The zero-order valence-corrected chi connectivity index (χ0v) is 15.1. The summed E-state index contributed by atoms with van der Waals surface area (Å²) in [6.45, 7) is 0.473. The second-order valence-corrected chi connectivity index (χ2v) is 6.38. The van der Waals surface area contributed by atoms with Gasteiger partial charge in [0, 0.05) is 29.4 Å².